The molecular weight excluding hydrogens is 300 g/mol. The Hall–Kier alpha value is -3.21. The Balaban J connectivity index is 2.09. The number of hydrazone groups is 1. The maximum Gasteiger partial charge on any atom is 0.209 e. The first kappa shape index (κ1) is 15.7. The first-order chi connectivity index (χ1) is 11.6. The minimum Gasteiger partial charge on any atom is -0.303 e. The van der Waals surface area contributed by atoms with Crippen LogP contribution < -0.4 is 0 Å². The lowest BCUT2D eigenvalue weighted by Crippen LogP contribution is -2.07. The molecule has 3 rings (SSSR count). The summed E-state index contributed by atoms with van der Waals surface area (Å²) in [5.41, 5.74) is 2.97. The van der Waals surface area contributed by atoms with E-state index in [-0.39, 0.29) is 5.78 Å². The molecule has 0 radical (unpaired) electrons. The van der Waals surface area contributed by atoms with Crippen molar-refractivity contribution in [3.63, 3.8) is 0 Å². The predicted octanol–water partition coefficient (Wildman–Crippen LogP) is 3.27. The van der Waals surface area contributed by atoms with E-state index in [4.69, 9.17) is 0 Å². The van der Waals surface area contributed by atoms with Gasteiger partial charge in [-0.25, -0.2) is 4.68 Å². The fourth-order valence-electron chi connectivity index (χ4n) is 2.31. The van der Waals surface area contributed by atoms with Crippen LogP contribution in [0, 0.1) is 0 Å². The van der Waals surface area contributed by atoms with Crippen LogP contribution in [0.3, 0.4) is 0 Å². The van der Waals surface area contributed by atoms with E-state index in [1.54, 1.807) is 30.0 Å². The van der Waals surface area contributed by atoms with E-state index in [1.807, 2.05) is 60.7 Å². The summed E-state index contributed by atoms with van der Waals surface area (Å²) in [7, 11) is 3.55. The van der Waals surface area contributed by atoms with Crippen LogP contribution in [0.15, 0.2) is 72.0 Å². The van der Waals surface area contributed by atoms with Crippen LogP contribution in [0.5, 0.6) is 0 Å². The molecule has 0 aliphatic rings. The average molecular weight is 318 g/mol. The molecule has 120 valence electrons. The summed E-state index contributed by atoms with van der Waals surface area (Å²) in [6, 6.07) is 19.4. The molecule has 0 aliphatic carbocycles. The molecule has 0 saturated heterocycles. The van der Waals surface area contributed by atoms with Gasteiger partial charge in [0.15, 0.2) is 0 Å². The van der Waals surface area contributed by atoms with Gasteiger partial charge < -0.3 is 5.01 Å². The summed E-state index contributed by atoms with van der Waals surface area (Å²) in [6.07, 6.45) is 3.07. The van der Waals surface area contributed by atoms with Gasteiger partial charge in [-0.05, 0) is 12.1 Å². The number of para-hydroxylation sites is 1. The summed E-state index contributed by atoms with van der Waals surface area (Å²) >= 11 is 0. The monoisotopic (exact) mass is 318 g/mol. The van der Waals surface area contributed by atoms with Crippen molar-refractivity contribution in [1.29, 1.82) is 0 Å². The van der Waals surface area contributed by atoms with E-state index in [0.29, 0.717) is 11.3 Å². The van der Waals surface area contributed by atoms with Crippen LogP contribution in [0.2, 0.25) is 0 Å². The van der Waals surface area contributed by atoms with Gasteiger partial charge >= 0.3 is 0 Å². The smallest absolute Gasteiger partial charge is 0.209 e. The summed E-state index contributed by atoms with van der Waals surface area (Å²) in [5.74, 6) is -0.176. The topological polar surface area (TPSA) is 50.5 Å². The van der Waals surface area contributed by atoms with Gasteiger partial charge in [0.25, 0.3) is 0 Å². The van der Waals surface area contributed by atoms with Crippen molar-refractivity contribution in [3.8, 4) is 16.9 Å². The molecule has 0 fully saturated rings. The number of hydrogen-bond acceptors (Lipinski definition) is 4. The van der Waals surface area contributed by atoms with Gasteiger partial charge in [0, 0.05) is 25.9 Å². The number of aromatic nitrogens is 2. The van der Waals surface area contributed by atoms with E-state index in [0.717, 1.165) is 11.3 Å². The zero-order chi connectivity index (χ0) is 16.9. The summed E-state index contributed by atoms with van der Waals surface area (Å²) in [6.45, 7) is 0. The van der Waals surface area contributed by atoms with Gasteiger partial charge in [0.2, 0.25) is 5.78 Å². The third kappa shape index (κ3) is 3.41. The van der Waals surface area contributed by atoms with Crippen molar-refractivity contribution in [2.75, 3.05) is 14.1 Å². The predicted molar refractivity (Wildman–Crippen MR) is 95.5 cm³/mol. The molecule has 1 aromatic heterocycles. The molecule has 1 heterocycles. The highest BCUT2D eigenvalue weighted by molar-refractivity contribution is 6.36. The van der Waals surface area contributed by atoms with E-state index in [2.05, 4.69) is 10.2 Å². The minimum atomic E-state index is -0.176. The number of nitrogens with zero attached hydrogens (tertiary/aromatic N) is 4. The Morgan fingerprint density at radius 3 is 2.29 bits per heavy atom. The second kappa shape index (κ2) is 6.91. The van der Waals surface area contributed by atoms with E-state index < -0.39 is 0 Å². The number of carbonyl (C=O) groups excluding carboxylic acids is 1. The number of carbonyl (C=O) groups is 1. The molecule has 0 aliphatic heterocycles. The van der Waals surface area contributed by atoms with Crippen molar-refractivity contribution in [1.82, 2.24) is 14.8 Å². The van der Waals surface area contributed by atoms with Gasteiger partial charge in [-0.2, -0.15) is 10.2 Å². The zero-order valence-electron chi connectivity index (χ0n) is 13.6. The van der Waals surface area contributed by atoms with Gasteiger partial charge in [-0.15, -0.1) is 0 Å². The number of Topliss-reactive ketones (excluding diaryl/α,β-unsaturated/α-hetero) is 1. The van der Waals surface area contributed by atoms with Crippen molar-refractivity contribution >= 4 is 12.0 Å². The second-order valence-electron chi connectivity index (χ2n) is 5.49. The molecule has 0 bridgehead atoms. The van der Waals surface area contributed by atoms with E-state index in [9.17, 15) is 4.79 Å². The molecule has 0 N–H and O–H groups in total. The molecule has 0 unspecified atom stereocenters. The minimum absolute atomic E-state index is 0.176. The molecule has 0 saturated carbocycles. The number of ketones is 1. The Kier molecular flexibility index (Phi) is 4.52. The fourth-order valence-corrected chi connectivity index (χ4v) is 2.31. The third-order valence-corrected chi connectivity index (χ3v) is 3.45. The molecule has 0 atom stereocenters. The van der Waals surface area contributed by atoms with Crippen LogP contribution in [0.1, 0.15) is 10.4 Å². The van der Waals surface area contributed by atoms with E-state index >= 15 is 0 Å². The lowest BCUT2D eigenvalue weighted by Gasteiger charge is -2.02. The van der Waals surface area contributed by atoms with Crippen LogP contribution in [0.4, 0.5) is 0 Å². The fraction of sp³-hybridized carbons (Fsp3) is 0.105. The Bertz CT molecular complexity index is 852. The molecule has 3 aromatic rings. The maximum atomic E-state index is 12.6. The van der Waals surface area contributed by atoms with Crippen molar-refractivity contribution in [3.05, 3.63) is 72.4 Å². The van der Waals surface area contributed by atoms with Gasteiger partial charge in [0.1, 0.15) is 5.69 Å². The SMILES string of the molecule is CN(C)/N=C/C(=O)c1cn(-c2ccccc2)nc1-c1ccccc1. The normalized spacial score (nSPS) is 10.9. The standard InChI is InChI=1S/C19H18N4O/c1-22(2)20-13-18(24)17-14-23(16-11-7-4-8-12-16)21-19(17)15-9-5-3-6-10-15/h3-14H,1-2H3/b20-13+. The van der Waals surface area contributed by atoms with Crippen LogP contribution in [-0.2, 0) is 0 Å². The maximum absolute atomic E-state index is 12.6. The van der Waals surface area contributed by atoms with Crippen LogP contribution in [-0.4, -0.2) is 40.9 Å². The summed E-state index contributed by atoms with van der Waals surface area (Å²) in [4.78, 5) is 12.6. The van der Waals surface area contributed by atoms with E-state index in [1.165, 1.54) is 6.21 Å². The highest BCUT2D eigenvalue weighted by Crippen LogP contribution is 2.23. The average Bonchev–Trinajstić information content (AvgIpc) is 3.06. The van der Waals surface area contributed by atoms with Crippen LogP contribution in [0.25, 0.3) is 16.9 Å². The highest BCUT2D eigenvalue weighted by Gasteiger charge is 2.17. The lowest BCUT2D eigenvalue weighted by atomic mass is 10.1. The Morgan fingerprint density at radius 2 is 1.67 bits per heavy atom. The summed E-state index contributed by atoms with van der Waals surface area (Å²) in [5, 5.41) is 10.2. The third-order valence-electron chi connectivity index (χ3n) is 3.45. The van der Waals surface area contributed by atoms with Crippen molar-refractivity contribution in [2.24, 2.45) is 5.10 Å². The van der Waals surface area contributed by atoms with Gasteiger partial charge in [-0.1, -0.05) is 48.5 Å². The highest BCUT2D eigenvalue weighted by atomic mass is 16.1. The van der Waals surface area contributed by atoms with Gasteiger partial charge in [-0.3, -0.25) is 4.79 Å². The lowest BCUT2D eigenvalue weighted by molar-refractivity contribution is 0.106. The first-order valence-corrected chi connectivity index (χ1v) is 7.61. The number of benzene rings is 2. The molecule has 2 aromatic carbocycles. The zero-order valence-corrected chi connectivity index (χ0v) is 13.6. The molecule has 5 nitrogen and oxygen atoms in total. The molecule has 5 heteroatoms. The Morgan fingerprint density at radius 1 is 1.04 bits per heavy atom. The molecule has 0 amide bonds. The summed E-state index contributed by atoms with van der Waals surface area (Å²) < 4.78 is 1.72. The van der Waals surface area contributed by atoms with Gasteiger partial charge in [0.05, 0.1) is 17.5 Å². The number of rotatable bonds is 5. The molecule has 24 heavy (non-hydrogen) atoms. The quantitative estimate of drug-likeness (QED) is 0.412. The molecular formula is C19H18N4O. The second-order valence-corrected chi connectivity index (χ2v) is 5.49. The van der Waals surface area contributed by atoms with Crippen LogP contribution >= 0.6 is 0 Å². The molecule has 0 spiro atoms. The first-order valence-electron chi connectivity index (χ1n) is 7.61. The largest absolute Gasteiger partial charge is 0.303 e. The van der Waals surface area contributed by atoms with Crippen molar-refractivity contribution < 1.29 is 4.79 Å². The number of hydrogen-bond donors (Lipinski definition) is 0. The Labute approximate surface area is 140 Å². The van der Waals surface area contributed by atoms with Crippen molar-refractivity contribution in [2.45, 2.75) is 0 Å².